The highest BCUT2D eigenvalue weighted by Gasteiger charge is 2.37. The number of morpholine rings is 1. The first-order valence-electron chi connectivity index (χ1n) is 7.44. The maximum atomic E-state index is 10.7. The molecule has 1 aromatic heterocycles. The average molecular weight is 316 g/mol. The summed E-state index contributed by atoms with van der Waals surface area (Å²) in [5.74, 6) is 0. The van der Waals surface area contributed by atoms with Gasteiger partial charge in [0.25, 0.3) is 0 Å². The Balaban J connectivity index is 1.72. The van der Waals surface area contributed by atoms with Crippen LogP contribution in [0.25, 0.3) is 0 Å². The van der Waals surface area contributed by atoms with Gasteiger partial charge in [0.15, 0.2) is 0 Å². The zero-order chi connectivity index (χ0) is 14.8. The van der Waals surface area contributed by atoms with E-state index in [0.29, 0.717) is 36.5 Å². The van der Waals surface area contributed by atoms with E-state index in [9.17, 15) is 5.11 Å². The summed E-state index contributed by atoms with van der Waals surface area (Å²) in [6.07, 6.45) is 2.95. The van der Waals surface area contributed by atoms with Crippen LogP contribution in [0.1, 0.15) is 24.6 Å². The highest BCUT2D eigenvalue weighted by molar-refractivity contribution is 6.31. The quantitative estimate of drug-likeness (QED) is 0.881. The molecule has 1 aromatic rings. The van der Waals surface area contributed by atoms with Crippen molar-refractivity contribution in [2.45, 2.75) is 37.6 Å². The molecule has 21 heavy (non-hydrogen) atoms. The lowest BCUT2D eigenvalue weighted by molar-refractivity contribution is -0.105. The number of aliphatic hydroxyl groups is 1. The van der Waals surface area contributed by atoms with Gasteiger partial charge in [-0.05, 0) is 19.4 Å². The van der Waals surface area contributed by atoms with Gasteiger partial charge in [-0.3, -0.25) is 9.58 Å². The molecular weight excluding hydrogens is 294 g/mol. The predicted octanol–water partition coefficient (Wildman–Crippen LogP) is 1.08. The van der Waals surface area contributed by atoms with Crippen LogP contribution in [0, 0.1) is 0 Å². The van der Waals surface area contributed by atoms with E-state index in [1.807, 2.05) is 0 Å². The monoisotopic (exact) mass is 315 g/mol. The topological polar surface area (TPSA) is 59.8 Å². The molecule has 1 N–H and O–H groups in total. The number of aliphatic hydroxyl groups excluding tert-OH is 1. The third kappa shape index (κ3) is 3.10. The number of halogens is 1. The van der Waals surface area contributed by atoms with Crippen LogP contribution in [0.15, 0.2) is 6.20 Å². The Morgan fingerprint density at radius 1 is 1.62 bits per heavy atom. The number of hydrogen-bond acceptors (Lipinski definition) is 5. The SMILES string of the molecule is COCCn1ncc(Cl)c1C(O)C1CN2CCCC2CO1. The van der Waals surface area contributed by atoms with Crippen molar-refractivity contribution in [3.8, 4) is 0 Å². The number of ether oxygens (including phenoxy) is 2. The van der Waals surface area contributed by atoms with Crippen molar-refractivity contribution in [2.24, 2.45) is 0 Å². The van der Waals surface area contributed by atoms with Gasteiger partial charge in [-0.1, -0.05) is 11.6 Å². The van der Waals surface area contributed by atoms with Crippen LogP contribution < -0.4 is 0 Å². The van der Waals surface area contributed by atoms with Crippen molar-refractivity contribution in [1.29, 1.82) is 0 Å². The van der Waals surface area contributed by atoms with Crippen molar-refractivity contribution in [3.63, 3.8) is 0 Å². The minimum Gasteiger partial charge on any atom is -0.384 e. The molecule has 3 rings (SSSR count). The van der Waals surface area contributed by atoms with E-state index in [1.165, 1.54) is 12.8 Å². The molecule has 0 spiro atoms. The number of fused-ring (bicyclic) bond motifs is 1. The van der Waals surface area contributed by atoms with Crippen LogP contribution in [0.4, 0.5) is 0 Å². The lowest BCUT2D eigenvalue weighted by Crippen LogP contribution is -2.48. The highest BCUT2D eigenvalue weighted by Crippen LogP contribution is 2.31. The van der Waals surface area contributed by atoms with Gasteiger partial charge in [-0.15, -0.1) is 0 Å². The van der Waals surface area contributed by atoms with Gasteiger partial charge in [-0.25, -0.2) is 0 Å². The summed E-state index contributed by atoms with van der Waals surface area (Å²) in [6.45, 7) is 3.61. The van der Waals surface area contributed by atoms with Crippen LogP contribution >= 0.6 is 11.6 Å². The van der Waals surface area contributed by atoms with Crippen molar-refractivity contribution in [2.75, 3.05) is 33.4 Å². The summed E-state index contributed by atoms with van der Waals surface area (Å²) >= 11 is 6.20. The molecule has 3 atom stereocenters. The Morgan fingerprint density at radius 3 is 3.29 bits per heavy atom. The minimum absolute atomic E-state index is 0.255. The molecule has 0 bridgehead atoms. The predicted molar refractivity (Wildman–Crippen MR) is 78.4 cm³/mol. The zero-order valence-corrected chi connectivity index (χ0v) is 13.0. The maximum Gasteiger partial charge on any atom is 0.124 e. The Labute approximate surface area is 129 Å². The summed E-state index contributed by atoms with van der Waals surface area (Å²) < 4.78 is 12.6. The van der Waals surface area contributed by atoms with Crippen molar-refractivity contribution in [3.05, 3.63) is 16.9 Å². The van der Waals surface area contributed by atoms with E-state index in [1.54, 1.807) is 18.0 Å². The summed E-state index contributed by atoms with van der Waals surface area (Å²) in [5.41, 5.74) is 0.622. The summed E-state index contributed by atoms with van der Waals surface area (Å²) in [7, 11) is 1.64. The maximum absolute atomic E-state index is 10.7. The van der Waals surface area contributed by atoms with Gasteiger partial charge in [-0.2, -0.15) is 5.10 Å². The number of aromatic nitrogens is 2. The van der Waals surface area contributed by atoms with E-state index in [2.05, 4.69) is 10.00 Å². The Kier molecular flexibility index (Phi) is 4.81. The van der Waals surface area contributed by atoms with Crippen LogP contribution in [0.3, 0.4) is 0 Å². The number of methoxy groups -OCH3 is 1. The average Bonchev–Trinajstić information content (AvgIpc) is 3.10. The molecule has 2 fully saturated rings. The molecule has 0 radical (unpaired) electrons. The summed E-state index contributed by atoms with van der Waals surface area (Å²) in [5, 5.41) is 15.4. The zero-order valence-electron chi connectivity index (χ0n) is 12.2. The van der Waals surface area contributed by atoms with Crippen LogP contribution in [0.5, 0.6) is 0 Å². The number of hydrogen-bond donors (Lipinski definition) is 1. The van der Waals surface area contributed by atoms with Crippen LogP contribution in [0.2, 0.25) is 5.02 Å². The van der Waals surface area contributed by atoms with Crippen molar-refractivity contribution >= 4 is 11.6 Å². The van der Waals surface area contributed by atoms with Gasteiger partial charge < -0.3 is 14.6 Å². The second kappa shape index (κ2) is 6.62. The molecule has 0 saturated carbocycles. The first kappa shape index (κ1) is 15.2. The van der Waals surface area contributed by atoms with Crippen LogP contribution in [-0.4, -0.2) is 65.3 Å². The van der Waals surface area contributed by atoms with E-state index < -0.39 is 6.10 Å². The van der Waals surface area contributed by atoms with Gasteiger partial charge in [0.2, 0.25) is 0 Å². The number of nitrogens with zero attached hydrogens (tertiary/aromatic N) is 3. The third-order valence-electron chi connectivity index (χ3n) is 4.39. The number of rotatable bonds is 5. The van der Waals surface area contributed by atoms with Gasteiger partial charge in [0.1, 0.15) is 12.2 Å². The summed E-state index contributed by atoms with van der Waals surface area (Å²) in [6, 6.07) is 0.516. The standard InChI is InChI=1S/C14H22ClN3O3/c1-20-6-5-18-13(11(15)7-16-18)14(19)12-8-17-4-2-3-10(17)9-21-12/h7,10,12,14,19H,2-6,8-9H2,1H3. The summed E-state index contributed by atoms with van der Waals surface area (Å²) in [4.78, 5) is 2.40. The van der Waals surface area contributed by atoms with E-state index in [0.717, 1.165) is 13.1 Å². The molecule has 2 aliphatic rings. The first-order valence-corrected chi connectivity index (χ1v) is 7.82. The molecule has 0 amide bonds. The minimum atomic E-state index is -0.765. The fraction of sp³-hybridized carbons (Fsp3) is 0.786. The normalized spacial score (nSPS) is 27.8. The molecular formula is C14H22ClN3O3. The fourth-order valence-corrected chi connectivity index (χ4v) is 3.48. The van der Waals surface area contributed by atoms with Crippen molar-refractivity contribution in [1.82, 2.24) is 14.7 Å². The Hall–Kier alpha value is -0.660. The molecule has 0 aromatic carbocycles. The van der Waals surface area contributed by atoms with Gasteiger partial charge >= 0.3 is 0 Å². The van der Waals surface area contributed by atoms with E-state index >= 15 is 0 Å². The molecule has 6 nitrogen and oxygen atoms in total. The molecule has 3 heterocycles. The van der Waals surface area contributed by atoms with E-state index in [-0.39, 0.29) is 6.10 Å². The van der Waals surface area contributed by atoms with Gasteiger partial charge in [0, 0.05) is 19.7 Å². The van der Waals surface area contributed by atoms with Crippen molar-refractivity contribution < 1.29 is 14.6 Å². The third-order valence-corrected chi connectivity index (χ3v) is 4.68. The molecule has 7 heteroatoms. The van der Waals surface area contributed by atoms with E-state index in [4.69, 9.17) is 21.1 Å². The molecule has 0 aliphatic carbocycles. The second-order valence-corrected chi connectivity index (χ2v) is 6.11. The smallest absolute Gasteiger partial charge is 0.124 e. The Morgan fingerprint density at radius 2 is 2.48 bits per heavy atom. The van der Waals surface area contributed by atoms with Crippen LogP contribution in [-0.2, 0) is 16.0 Å². The second-order valence-electron chi connectivity index (χ2n) is 5.70. The Bertz CT molecular complexity index is 482. The highest BCUT2D eigenvalue weighted by atomic mass is 35.5. The molecule has 2 aliphatic heterocycles. The molecule has 2 saturated heterocycles. The molecule has 3 unspecified atom stereocenters. The lowest BCUT2D eigenvalue weighted by Gasteiger charge is -2.37. The lowest BCUT2D eigenvalue weighted by atomic mass is 10.1. The fourth-order valence-electron chi connectivity index (χ4n) is 3.23. The first-order chi connectivity index (χ1) is 10.2. The largest absolute Gasteiger partial charge is 0.384 e. The van der Waals surface area contributed by atoms with Gasteiger partial charge in [0.05, 0.1) is 36.7 Å². The molecule has 118 valence electrons.